The summed E-state index contributed by atoms with van der Waals surface area (Å²) >= 11 is 0. The van der Waals surface area contributed by atoms with Gasteiger partial charge in [0.25, 0.3) is 0 Å². The summed E-state index contributed by atoms with van der Waals surface area (Å²) in [6.07, 6.45) is -4.21. The third-order valence-electron chi connectivity index (χ3n) is 4.48. The number of alkyl halides is 3. The van der Waals surface area contributed by atoms with E-state index < -0.39 is 12.1 Å². The third kappa shape index (κ3) is 4.76. The Morgan fingerprint density at radius 3 is 2.46 bits per heavy atom. The first kappa shape index (κ1) is 19.6. The van der Waals surface area contributed by atoms with Gasteiger partial charge < -0.3 is 5.32 Å². The van der Waals surface area contributed by atoms with Crippen molar-refractivity contribution in [3.63, 3.8) is 0 Å². The average Bonchev–Trinajstić information content (AvgIpc) is 3.47. The van der Waals surface area contributed by atoms with Crippen molar-refractivity contribution >= 4 is 23.2 Å². The Hall–Kier alpha value is -3.16. The summed E-state index contributed by atoms with van der Waals surface area (Å²) in [6.45, 7) is 1.62. The number of carbonyl (C=O) groups excluding carboxylic acids is 2. The highest BCUT2D eigenvalue weighted by Crippen LogP contribution is 2.47. The van der Waals surface area contributed by atoms with Crippen LogP contribution in [0.1, 0.15) is 30.4 Å². The molecule has 1 saturated carbocycles. The van der Waals surface area contributed by atoms with Gasteiger partial charge in [-0.3, -0.25) is 9.59 Å². The summed E-state index contributed by atoms with van der Waals surface area (Å²) in [5.74, 6) is -2.21. The molecule has 3 rings (SSSR count). The maximum atomic E-state index is 12.4. The number of amides is 2. The van der Waals surface area contributed by atoms with Crippen LogP contribution in [0, 0.1) is 5.92 Å². The SMILES string of the molecule is C/C(=N\NC(=O)[C@@H]1C[C@@H]1c1ccccc1)c1cccc(NC(=O)C(F)(F)F)c1. The van der Waals surface area contributed by atoms with Crippen LogP contribution in [0.15, 0.2) is 59.7 Å². The molecule has 0 unspecified atom stereocenters. The van der Waals surface area contributed by atoms with E-state index in [1.807, 2.05) is 30.3 Å². The zero-order valence-electron chi connectivity index (χ0n) is 15.0. The van der Waals surface area contributed by atoms with Crippen molar-refractivity contribution in [2.45, 2.75) is 25.4 Å². The summed E-state index contributed by atoms with van der Waals surface area (Å²) in [5.41, 5.74) is 4.50. The van der Waals surface area contributed by atoms with Gasteiger partial charge in [0.05, 0.1) is 5.71 Å². The predicted octanol–water partition coefficient (Wildman–Crippen LogP) is 3.83. The number of hydrazone groups is 1. The molecular formula is C20H18F3N3O2. The first-order valence-corrected chi connectivity index (χ1v) is 8.63. The molecule has 2 amide bonds. The zero-order chi connectivity index (χ0) is 20.3. The molecule has 0 heterocycles. The van der Waals surface area contributed by atoms with Gasteiger partial charge in [0.2, 0.25) is 5.91 Å². The van der Waals surface area contributed by atoms with E-state index in [0.717, 1.165) is 12.0 Å². The number of rotatable bonds is 5. The van der Waals surface area contributed by atoms with Crippen LogP contribution in [0.4, 0.5) is 18.9 Å². The molecule has 1 aliphatic carbocycles. The molecule has 0 spiro atoms. The van der Waals surface area contributed by atoms with Crippen LogP contribution in [-0.4, -0.2) is 23.7 Å². The Morgan fingerprint density at radius 2 is 1.79 bits per heavy atom. The normalized spacial score (nSPS) is 19.1. The molecule has 0 aliphatic heterocycles. The van der Waals surface area contributed by atoms with E-state index in [1.165, 1.54) is 18.2 Å². The first-order valence-electron chi connectivity index (χ1n) is 8.63. The average molecular weight is 389 g/mol. The summed E-state index contributed by atoms with van der Waals surface area (Å²) in [4.78, 5) is 23.3. The second-order valence-electron chi connectivity index (χ2n) is 6.57. The summed E-state index contributed by atoms with van der Waals surface area (Å²) in [7, 11) is 0. The number of halogens is 3. The second kappa shape index (κ2) is 7.84. The van der Waals surface area contributed by atoms with E-state index in [2.05, 4.69) is 10.5 Å². The molecule has 0 bridgehead atoms. The van der Waals surface area contributed by atoms with E-state index >= 15 is 0 Å². The molecule has 1 aliphatic rings. The highest BCUT2D eigenvalue weighted by atomic mass is 19.4. The van der Waals surface area contributed by atoms with E-state index in [1.54, 1.807) is 18.3 Å². The molecule has 2 aromatic rings. The molecule has 0 aromatic heterocycles. The maximum Gasteiger partial charge on any atom is 0.471 e. The van der Waals surface area contributed by atoms with Gasteiger partial charge in [-0.05, 0) is 42.5 Å². The minimum Gasteiger partial charge on any atom is -0.318 e. The van der Waals surface area contributed by atoms with Crippen molar-refractivity contribution in [2.75, 3.05) is 5.32 Å². The lowest BCUT2D eigenvalue weighted by Gasteiger charge is -2.09. The minimum atomic E-state index is -4.97. The molecule has 28 heavy (non-hydrogen) atoms. The van der Waals surface area contributed by atoms with Crippen molar-refractivity contribution in [3.8, 4) is 0 Å². The fourth-order valence-corrected chi connectivity index (χ4v) is 2.86. The standard InChI is InChI=1S/C20H18F3N3O2/c1-12(14-8-5-9-15(10-14)24-19(28)20(21,22)23)25-26-18(27)17-11-16(17)13-6-3-2-4-7-13/h2-10,16-17H,11H2,1H3,(H,24,28)(H,26,27)/b25-12+/t16-,17-/m1/s1. The van der Waals surface area contributed by atoms with Crippen molar-refractivity contribution < 1.29 is 22.8 Å². The van der Waals surface area contributed by atoms with Gasteiger partial charge in [-0.15, -0.1) is 0 Å². The largest absolute Gasteiger partial charge is 0.471 e. The molecular weight excluding hydrogens is 371 g/mol. The van der Waals surface area contributed by atoms with E-state index in [4.69, 9.17) is 0 Å². The Balaban J connectivity index is 1.60. The molecule has 1 fully saturated rings. The van der Waals surface area contributed by atoms with Crippen molar-refractivity contribution in [3.05, 3.63) is 65.7 Å². The van der Waals surface area contributed by atoms with Gasteiger partial charge in [-0.25, -0.2) is 5.43 Å². The van der Waals surface area contributed by atoms with Crippen LogP contribution < -0.4 is 10.7 Å². The number of carbonyl (C=O) groups is 2. The maximum absolute atomic E-state index is 12.4. The number of hydrogen-bond acceptors (Lipinski definition) is 3. The molecule has 0 radical (unpaired) electrons. The highest BCUT2D eigenvalue weighted by Gasteiger charge is 2.43. The van der Waals surface area contributed by atoms with Crippen molar-refractivity contribution in [1.29, 1.82) is 0 Å². The molecule has 5 nitrogen and oxygen atoms in total. The predicted molar refractivity (Wildman–Crippen MR) is 98.8 cm³/mol. The van der Waals surface area contributed by atoms with Gasteiger partial charge in [0.1, 0.15) is 0 Å². The van der Waals surface area contributed by atoms with Crippen LogP contribution in [0.3, 0.4) is 0 Å². The van der Waals surface area contributed by atoms with Gasteiger partial charge in [0, 0.05) is 11.6 Å². The first-order chi connectivity index (χ1) is 13.3. The monoisotopic (exact) mass is 389 g/mol. The quantitative estimate of drug-likeness (QED) is 0.603. The molecule has 0 saturated heterocycles. The van der Waals surface area contributed by atoms with E-state index in [0.29, 0.717) is 11.3 Å². The lowest BCUT2D eigenvalue weighted by molar-refractivity contribution is -0.167. The zero-order valence-corrected chi connectivity index (χ0v) is 15.0. The fraction of sp³-hybridized carbons (Fsp3) is 0.250. The Morgan fingerprint density at radius 1 is 1.07 bits per heavy atom. The summed E-state index contributed by atoms with van der Waals surface area (Å²) in [6, 6.07) is 15.5. The summed E-state index contributed by atoms with van der Waals surface area (Å²) in [5, 5.41) is 5.82. The Labute approximate surface area is 159 Å². The van der Waals surface area contributed by atoms with E-state index in [-0.39, 0.29) is 23.4 Å². The van der Waals surface area contributed by atoms with Crippen LogP contribution in [0.2, 0.25) is 0 Å². The van der Waals surface area contributed by atoms with Crippen LogP contribution in [0.5, 0.6) is 0 Å². The summed E-state index contributed by atoms with van der Waals surface area (Å²) < 4.78 is 37.1. The third-order valence-corrected chi connectivity index (χ3v) is 4.48. The van der Waals surface area contributed by atoms with Gasteiger partial charge in [0.15, 0.2) is 0 Å². The Kier molecular flexibility index (Phi) is 5.48. The van der Waals surface area contributed by atoms with Gasteiger partial charge >= 0.3 is 12.1 Å². The number of hydrogen-bond donors (Lipinski definition) is 2. The fourth-order valence-electron chi connectivity index (χ4n) is 2.86. The number of benzene rings is 2. The topological polar surface area (TPSA) is 70.6 Å². The lowest BCUT2D eigenvalue weighted by Crippen LogP contribution is -2.30. The molecule has 146 valence electrons. The van der Waals surface area contributed by atoms with Crippen LogP contribution >= 0.6 is 0 Å². The lowest BCUT2D eigenvalue weighted by atomic mass is 10.1. The number of nitrogens with zero attached hydrogens (tertiary/aromatic N) is 1. The van der Waals surface area contributed by atoms with Crippen LogP contribution in [-0.2, 0) is 9.59 Å². The van der Waals surface area contributed by atoms with Crippen molar-refractivity contribution in [2.24, 2.45) is 11.0 Å². The van der Waals surface area contributed by atoms with E-state index in [9.17, 15) is 22.8 Å². The number of anilines is 1. The highest BCUT2D eigenvalue weighted by molar-refractivity contribution is 6.01. The molecule has 8 heteroatoms. The Bertz CT molecular complexity index is 910. The second-order valence-corrected chi connectivity index (χ2v) is 6.57. The van der Waals surface area contributed by atoms with Gasteiger partial charge in [-0.2, -0.15) is 18.3 Å². The molecule has 2 atom stereocenters. The molecule has 2 N–H and O–H groups in total. The van der Waals surface area contributed by atoms with Crippen LogP contribution in [0.25, 0.3) is 0 Å². The minimum absolute atomic E-state index is 0.00737. The number of nitrogens with one attached hydrogen (secondary N) is 2. The smallest absolute Gasteiger partial charge is 0.318 e. The van der Waals surface area contributed by atoms with Crippen molar-refractivity contribution in [1.82, 2.24) is 5.43 Å². The van der Waals surface area contributed by atoms with Gasteiger partial charge in [-0.1, -0.05) is 42.5 Å². The molecule has 2 aromatic carbocycles.